The van der Waals surface area contributed by atoms with Gasteiger partial charge in [-0.15, -0.1) is 11.3 Å². The summed E-state index contributed by atoms with van der Waals surface area (Å²) in [7, 11) is 0. The lowest BCUT2D eigenvalue weighted by Gasteiger charge is -2.07. The monoisotopic (exact) mass is 350 g/mol. The second-order valence-electron chi connectivity index (χ2n) is 5.86. The van der Waals surface area contributed by atoms with Gasteiger partial charge in [-0.3, -0.25) is 4.79 Å². The Morgan fingerprint density at radius 2 is 1.72 bits per heavy atom. The van der Waals surface area contributed by atoms with Crippen LogP contribution < -0.4 is 4.74 Å². The first-order chi connectivity index (χ1) is 12.2. The summed E-state index contributed by atoms with van der Waals surface area (Å²) in [6, 6.07) is 18.3. The van der Waals surface area contributed by atoms with Crippen molar-refractivity contribution in [3.63, 3.8) is 0 Å². The van der Waals surface area contributed by atoms with Crippen molar-refractivity contribution in [1.29, 1.82) is 0 Å². The number of Topliss-reactive ketones (excluding diaryl/α,β-unsaturated/α-hetero) is 1. The van der Waals surface area contributed by atoms with Crippen LogP contribution in [0.15, 0.2) is 54.6 Å². The van der Waals surface area contributed by atoms with Crippen LogP contribution in [0.5, 0.6) is 5.75 Å². The molecule has 0 bridgehead atoms. The average Bonchev–Trinajstić information content (AvgIpc) is 2.99. The summed E-state index contributed by atoms with van der Waals surface area (Å²) in [6.45, 7) is 6.64. The molecule has 1 heterocycles. The van der Waals surface area contributed by atoms with Crippen molar-refractivity contribution < 1.29 is 9.53 Å². The quantitative estimate of drug-likeness (QED) is 0.482. The van der Waals surface area contributed by atoms with Gasteiger partial charge in [0.15, 0.2) is 5.78 Å². The molecule has 2 aromatic carbocycles. The Hall–Kier alpha value is -2.39. The topological polar surface area (TPSA) is 26.3 Å². The number of hydrogen-bond acceptors (Lipinski definition) is 3. The number of rotatable bonds is 6. The predicted octanol–water partition coefficient (Wildman–Crippen LogP) is 6.38. The van der Waals surface area contributed by atoms with Gasteiger partial charge in [-0.05, 0) is 42.7 Å². The highest BCUT2D eigenvalue weighted by atomic mass is 32.1. The number of ketones is 1. The zero-order valence-electron chi connectivity index (χ0n) is 14.8. The fourth-order valence-corrected chi connectivity index (χ4v) is 4.33. The lowest BCUT2D eigenvalue weighted by Crippen LogP contribution is -1.95. The van der Waals surface area contributed by atoms with E-state index in [1.165, 1.54) is 0 Å². The third kappa shape index (κ3) is 3.52. The Labute approximate surface area is 153 Å². The molecule has 0 saturated heterocycles. The summed E-state index contributed by atoms with van der Waals surface area (Å²) in [5.74, 6) is 1.05. The van der Waals surface area contributed by atoms with E-state index in [0.29, 0.717) is 13.0 Å². The normalized spacial score (nSPS) is 10.7. The molecule has 1 aromatic heterocycles. The van der Waals surface area contributed by atoms with E-state index in [2.05, 4.69) is 31.2 Å². The smallest absolute Gasteiger partial charge is 0.173 e. The standard InChI is InChI=1S/C22H22O2S/c1-4-19(23)22-20(16-10-7-6-8-11-16)15(3)21(25-22)17-12-9-13-18(14-17)24-5-2/h6-14H,4-5H2,1-3H3. The van der Waals surface area contributed by atoms with Gasteiger partial charge in [0.2, 0.25) is 0 Å². The van der Waals surface area contributed by atoms with Crippen LogP contribution in [-0.2, 0) is 0 Å². The largest absolute Gasteiger partial charge is 0.494 e. The first-order valence-corrected chi connectivity index (χ1v) is 9.42. The average molecular weight is 350 g/mol. The van der Waals surface area contributed by atoms with Crippen LogP contribution in [0.1, 0.15) is 35.5 Å². The fraction of sp³-hybridized carbons (Fsp3) is 0.227. The molecule has 0 aliphatic rings. The summed E-state index contributed by atoms with van der Waals surface area (Å²) < 4.78 is 5.64. The minimum atomic E-state index is 0.194. The van der Waals surface area contributed by atoms with Crippen molar-refractivity contribution in [2.45, 2.75) is 27.2 Å². The third-order valence-corrected chi connectivity index (χ3v) is 5.57. The number of carbonyl (C=O) groups excluding carboxylic acids is 1. The molecule has 2 nitrogen and oxygen atoms in total. The van der Waals surface area contributed by atoms with Crippen LogP contribution in [0.4, 0.5) is 0 Å². The molecule has 0 fully saturated rings. The van der Waals surface area contributed by atoms with E-state index in [4.69, 9.17) is 4.74 Å². The molecule has 0 aliphatic carbocycles. The zero-order valence-corrected chi connectivity index (χ0v) is 15.7. The second kappa shape index (κ2) is 7.66. The SMILES string of the molecule is CCOc1cccc(-c2sc(C(=O)CC)c(-c3ccccc3)c2C)c1. The molecule has 128 valence electrons. The van der Waals surface area contributed by atoms with Gasteiger partial charge in [0.25, 0.3) is 0 Å². The van der Waals surface area contributed by atoms with Gasteiger partial charge >= 0.3 is 0 Å². The van der Waals surface area contributed by atoms with E-state index in [1.54, 1.807) is 11.3 Å². The summed E-state index contributed by atoms with van der Waals surface area (Å²) in [6.07, 6.45) is 0.512. The summed E-state index contributed by atoms with van der Waals surface area (Å²) >= 11 is 1.59. The molecule has 3 heteroatoms. The molecular formula is C22H22O2S. The van der Waals surface area contributed by atoms with Crippen molar-refractivity contribution >= 4 is 17.1 Å². The Balaban J connectivity index is 2.18. The van der Waals surface area contributed by atoms with E-state index in [0.717, 1.165) is 37.8 Å². The van der Waals surface area contributed by atoms with Gasteiger partial charge in [0.05, 0.1) is 11.5 Å². The van der Waals surface area contributed by atoms with Crippen molar-refractivity contribution in [3.8, 4) is 27.3 Å². The highest BCUT2D eigenvalue weighted by Gasteiger charge is 2.21. The van der Waals surface area contributed by atoms with Gasteiger partial charge in [-0.1, -0.05) is 49.4 Å². The van der Waals surface area contributed by atoms with Crippen LogP contribution in [0.3, 0.4) is 0 Å². The lowest BCUT2D eigenvalue weighted by atomic mass is 9.97. The van der Waals surface area contributed by atoms with Crippen LogP contribution >= 0.6 is 11.3 Å². The van der Waals surface area contributed by atoms with E-state index in [1.807, 2.05) is 44.2 Å². The summed E-state index contributed by atoms with van der Waals surface area (Å²) in [5, 5.41) is 0. The molecule has 0 spiro atoms. The van der Waals surface area contributed by atoms with Crippen LogP contribution in [0.25, 0.3) is 21.6 Å². The molecule has 0 amide bonds. The Bertz CT molecular complexity index is 878. The molecule has 0 aliphatic heterocycles. The number of benzene rings is 2. The molecule has 0 saturated carbocycles. The van der Waals surface area contributed by atoms with Crippen molar-refractivity contribution in [2.75, 3.05) is 6.61 Å². The van der Waals surface area contributed by atoms with Crippen molar-refractivity contribution in [3.05, 3.63) is 65.0 Å². The molecular weight excluding hydrogens is 328 g/mol. The minimum absolute atomic E-state index is 0.194. The highest BCUT2D eigenvalue weighted by Crippen LogP contribution is 2.43. The molecule has 3 aromatic rings. The lowest BCUT2D eigenvalue weighted by molar-refractivity contribution is 0.0992. The number of ether oxygens (including phenoxy) is 1. The predicted molar refractivity (Wildman–Crippen MR) is 106 cm³/mol. The fourth-order valence-electron chi connectivity index (χ4n) is 2.99. The molecule has 3 rings (SSSR count). The number of thiophene rings is 1. The minimum Gasteiger partial charge on any atom is -0.494 e. The van der Waals surface area contributed by atoms with Gasteiger partial charge < -0.3 is 4.74 Å². The first kappa shape index (κ1) is 17.4. The van der Waals surface area contributed by atoms with Crippen LogP contribution in [0.2, 0.25) is 0 Å². The van der Waals surface area contributed by atoms with Gasteiger partial charge in [0.1, 0.15) is 5.75 Å². The molecule has 25 heavy (non-hydrogen) atoms. The van der Waals surface area contributed by atoms with Crippen LogP contribution in [0, 0.1) is 6.92 Å². The van der Waals surface area contributed by atoms with Gasteiger partial charge in [0, 0.05) is 16.9 Å². The molecule has 0 unspecified atom stereocenters. The summed E-state index contributed by atoms with van der Waals surface area (Å²) in [5.41, 5.74) is 4.41. The van der Waals surface area contributed by atoms with E-state index in [-0.39, 0.29) is 5.78 Å². The van der Waals surface area contributed by atoms with Crippen molar-refractivity contribution in [1.82, 2.24) is 0 Å². The second-order valence-corrected chi connectivity index (χ2v) is 6.88. The Kier molecular flexibility index (Phi) is 5.34. The van der Waals surface area contributed by atoms with E-state index >= 15 is 0 Å². The zero-order chi connectivity index (χ0) is 17.8. The maximum atomic E-state index is 12.6. The maximum absolute atomic E-state index is 12.6. The Morgan fingerprint density at radius 1 is 1.00 bits per heavy atom. The van der Waals surface area contributed by atoms with Gasteiger partial charge in [-0.2, -0.15) is 0 Å². The van der Waals surface area contributed by atoms with E-state index < -0.39 is 0 Å². The summed E-state index contributed by atoms with van der Waals surface area (Å²) in [4.78, 5) is 14.5. The first-order valence-electron chi connectivity index (χ1n) is 8.60. The number of carbonyl (C=O) groups is 1. The van der Waals surface area contributed by atoms with Crippen LogP contribution in [-0.4, -0.2) is 12.4 Å². The van der Waals surface area contributed by atoms with Gasteiger partial charge in [-0.25, -0.2) is 0 Å². The molecule has 0 radical (unpaired) electrons. The highest BCUT2D eigenvalue weighted by molar-refractivity contribution is 7.18. The molecule has 0 N–H and O–H groups in total. The maximum Gasteiger partial charge on any atom is 0.173 e. The van der Waals surface area contributed by atoms with E-state index in [9.17, 15) is 4.79 Å². The molecule has 0 atom stereocenters. The number of hydrogen-bond donors (Lipinski definition) is 0. The van der Waals surface area contributed by atoms with Crippen molar-refractivity contribution in [2.24, 2.45) is 0 Å². The Morgan fingerprint density at radius 3 is 2.40 bits per heavy atom. The third-order valence-electron chi connectivity index (χ3n) is 4.19.